The Labute approximate surface area is 188 Å². The van der Waals surface area contributed by atoms with Gasteiger partial charge in [-0.1, -0.05) is 42.5 Å². The Kier molecular flexibility index (Phi) is 5.79. The van der Waals surface area contributed by atoms with Gasteiger partial charge >= 0.3 is 0 Å². The second kappa shape index (κ2) is 9.18. The number of hydrogen-bond donors (Lipinski definition) is 0. The average molecular weight is 423 g/mol. The van der Waals surface area contributed by atoms with Gasteiger partial charge in [-0.3, -0.25) is 4.98 Å². The lowest BCUT2D eigenvalue weighted by Gasteiger charge is -2.34. The summed E-state index contributed by atoms with van der Waals surface area (Å²) >= 11 is 0. The number of pyridine rings is 1. The molecule has 0 saturated carbocycles. The molecule has 0 bridgehead atoms. The van der Waals surface area contributed by atoms with Crippen LogP contribution < -0.4 is 9.64 Å². The molecule has 1 aliphatic rings. The minimum absolute atomic E-state index is 0.592. The third-order valence-corrected chi connectivity index (χ3v) is 6.15. The van der Waals surface area contributed by atoms with E-state index in [1.807, 2.05) is 36.5 Å². The van der Waals surface area contributed by atoms with Crippen molar-refractivity contribution in [1.29, 1.82) is 0 Å². The molecule has 0 radical (unpaired) electrons. The summed E-state index contributed by atoms with van der Waals surface area (Å²) in [5.41, 5.74) is 4.49. The third kappa shape index (κ3) is 4.19. The summed E-state index contributed by atoms with van der Waals surface area (Å²) in [7, 11) is 1.69. The Morgan fingerprint density at radius 2 is 1.66 bits per heavy atom. The van der Waals surface area contributed by atoms with E-state index in [1.54, 1.807) is 19.5 Å². The molecule has 0 unspecified atom stereocenters. The zero-order chi connectivity index (χ0) is 21.8. The Balaban J connectivity index is 1.50. The fraction of sp³-hybridized carbons (Fsp3) is 0.222. The van der Waals surface area contributed by atoms with Crippen LogP contribution in [-0.4, -0.2) is 35.2 Å². The van der Waals surface area contributed by atoms with Crippen LogP contribution in [-0.2, 0) is 0 Å². The van der Waals surface area contributed by atoms with Crippen molar-refractivity contribution in [2.75, 3.05) is 25.1 Å². The van der Waals surface area contributed by atoms with Crippen LogP contribution in [0.25, 0.3) is 22.5 Å². The lowest BCUT2D eigenvalue weighted by molar-refractivity contribution is 0.415. The maximum Gasteiger partial charge on any atom is 0.161 e. The Bertz CT molecular complexity index is 1170. The molecule has 160 valence electrons. The van der Waals surface area contributed by atoms with Gasteiger partial charge in [0.2, 0.25) is 0 Å². The van der Waals surface area contributed by atoms with Crippen LogP contribution in [0.3, 0.4) is 0 Å². The Hall–Kier alpha value is -3.73. The SMILES string of the molecule is COc1cccc(-c2cnc(-c3ccncc3)nc2N2CCC(c3ccccc3)CC2)c1. The molecule has 2 aromatic carbocycles. The van der Waals surface area contributed by atoms with Crippen molar-refractivity contribution in [3.8, 4) is 28.3 Å². The fourth-order valence-electron chi connectivity index (χ4n) is 4.40. The standard InChI is InChI=1S/C27H26N4O/c1-32-24-9-5-8-23(18-24)25-19-29-26(22-10-14-28-15-11-22)30-27(25)31-16-12-21(13-17-31)20-6-3-2-4-7-20/h2-11,14-15,18-19,21H,12-13,16-17H2,1H3. The number of benzene rings is 2. The first-order valence-electron chi connectivity index (χ1n) is 11.0. The summed E-state index contributed by atoms with van der Waals surface area (Å²) in [4.78, 5) is 16.3. The van der Waals surface area contributed by atoms with Gasteiger partial charge in [-0.25, -0.2) is 9.97 Å². The van der Waals surface area contributed by atoms with E-state index < -0.39 is 0 Å². The highest BCUT2D eigenvalue weighted by molar-refractivity contribution is 5.77. The number of piperidine rings is 1. The summed E-state index contributed by atoms with van der Waals surface area (Å²) < 4.78 is 5.46. The van der Waals surface area contributed by atoms with E-state index in [-0.39, 0.29) is 0 Å². The van der Waals surface area contributed by atoms with Gasteiger partial charge in [0, 0.05) is 42.8 Å². The fourth-order valence-corrected chi connectivity index (χ4v) is 4.40. The molecular weight excluding hydrogens is 396 g/mol. The van der Waals surface area contributed by atoms with Crippen LogP contribution in [0, 0.1) is 0 Å². The van der Waals surface area contributed by atoms with Crippen molar-refractivity contribution >= 4 is 5.82 Å². The lowest BCUT2D eigenvalue weighted by Crippen LogP contribution is -2.34. The minimum Gasteiger partial charge on any atom is -0.497 e. The molecule has 3 heterocycles. The number of anilines is 1. The Morgan fingerprint density at radius 3 is 2.41 bits per heavy atom. The number of nitrogens with zero attached hydrogens (tertiary/aromatic N) is 4. The first-order chi connectivity index (χ1) is 15.8. The molecule has 4 aromatic rings. The predicted molar refractivity (Wildman–Crippen MR) is 128 cm³/mol. The molecule has 0 atom stereocenters. The predicted octanol–water partition coefficient (Wildman–Crippen LogP) is 5.60. The van der Waals surface area contributed by atoms with E-state index in [0.717, 1.165) is 60.0 Å². The van der Waals surface area contributed by atoms with E-state index in [2.05, 4.69) is 46.3 Å². The summed E-state index contributed by atoms with van der Waals surface area (Å²) in [5, 5.41) is 0. The van der Waals surface area contributed by atoms with Gasteiger partial charge < -0.3 is 9.64 Å². The second-order valence-electron chi connectivity index (χ2n) is 8.07. The van der Waals surface area contributed by atoms with Crippen LogP contribution in [0.1, 0.15) is 24.3 Å². The molecule has 0 spiro atoms. The summed E-state index contributed by atoms with van der Waals surface area (Å²) in [6, 6.07) is 22.8. The van der Waals surface area contributed by atoms with Crippen molar-refractivity contribution in [1.82, 2.24) is 15.0 Å². The number of aromatic nitrogens is 3. The van der Waals surface area contributed by atoms with Gasteiger partial charge in [-0.15, -0.1) is 0 Å². The molecule has 0 N–H and O–H groups in total. The molecule has 5 rings (SSSR count). The topological polar surface area (TPSA) is 51.1 Å². The highest BCUT2D eigenvalue weighted by Crippen LogP contribution is 2.36. The molecule has 2 aromatic heterocycles. The van der Waals surface area contributed by atoms with Crippen LogP contribution in [0.15, 0.2) is 85.3 Å². The van der Waals surface area contributed by atoms with E-state index in [1.165, 1.54) is 5.56 Å². The maximum absolute atomic E-state index is 5.46. The van der Waals surface area contributed by atoms with E-state index in [0.29, 0.717) is 5.92 Å². The zero-order valence-corrected chi connectivity index (χ0v) is 18.2. The van der Waals surface area contributed by atoms with Gasteiger partial charge in [-0.2, -0.15) is 0 Å². The molecule has 32 heavy (non-hydrogen) atoms. The van der Waals surface area contributed by atoms with E-state index >= 15 is 0 Å². The molecule has 0 aliphatic carbocycles. The van der Waals surface area contributed by atoms with Gasteiger partial charge in [0.05, 0.1) is 7.11 Å². The normalized spacial score (nSPS) is 14.3. The first kappa shape index (κ1) is 20.2. The third-order valence-electron chi connectivity index (χ3n) is 6.15. The number of ether oxygens (including phenoxy) is 1. The van der Waals surface area contributed by atoms with Crippen molar-refractivity contribution in [2.45, 2.75) is 18.8 Å². The second-order valence-corrected chi connectivity index (χ2v) is 8.07. The first-order valence-corrected chi connectivity index (χ1v) is 11.0. The molecule has 0 amide bonds. The van der Waals surface area contributed by atoms with Crippen LogP contribution in [0.4, 0.5) is 5.82 Å². The Morgan fingerprint density at radius 1 is 0.875 bits per heavy atom. The minimum atomic E-state index is 0.592. The van der Waals surface area contributed by atoms with Crippen molar-refractivity contribution in [3.63, 3.8) is 0 Å². The largest absolute Gasteiger partial charge is 0.497 e. The summed E-state index contributed by atoms with van der Waals surface area (Å²) in [6.07, 6.45) is 7.71. The lowest BCUT2D eigenvalue weighted by atomic mass is 9.89. The smallest absolute Gasteiger partial charge is 0.161 e. The number of methoxy groups -OCH3 is 1. The molecule has 1 aliphatic heterocycles. The maximum atomic E-state index is 5.46. The number of rotatable bonds is 5. The molecule has 5 nitrogen and oxygen atoms in total. The van der Waals surface area contributed by atoms with Crippen LogP contribution in [0.5, 0.6) is 5.75 Å². The van der Waals surface area contributed by atoms with Gasteiger partial charge in [0.25, 0.3) is 0 Å². The summed E-state index contributed by atoms with van der Waals surface area (Å²) in [5.74, 6) is 3.12. The van der Waals surface area contributed by atoms with Gasteiger partial charge in [0.15, 0.2) is 5.82 Å². The van der Waals surface area contributed by atoms with Gasteiger partial charge in [0.1, 0.15) is 11.6 Å². The quantitative estimate of drug-likeness (QED) is 0.419. The van der Waals surface area contributed by atoms with Crippen LogP contribution in [0.2, 0.25) is 0 Å². The number of hydrogen-bond acceptors (Lipinski definition) is 5. The monoisotopic (exact) mass is 422 g/mol. The zero-order valence-electron chi connectivity index (χ0n) is 18.2. The van der Waals surface area contributed by atoms with Crippen LogP contribution >= 0.6 is 0 Å². The van der Waals surface area contributed by atoms with E-state index in [9.17, 15) is 0 Å². The highest BCUT2D eigenvalue weighted by Gasteiger charge is 2.24. The van der Waals surface area contributed by atoms with Gasteiger partial charge in [-0.05, 0) is 54.2 Å². The summed E-state index contributed by atoms with van der Waals surface area (Å²) in [6.45, 7) is 1.92. The van der Waals surface area contributed by atoms with Crippen molar-refractivity contribution < 1.29 is 4.74 Å². The van der Waals surface area contributed by atoms with Crippen molar-refractivity contribution in [3.05, 3.63) is 90.9 Å². The van der Waals surface area contributed by atoms with Crippen molar-refractivity contribution in [2.24, 2.45) is 0 Å². The molecule has 1 saturated heterocycles. The molecular formula is C27H26N4O. The van der Waals surface area contributed by atoms with E-state index in [4.69, 9.17) is 14.7 Å². The average Bonchev–Trinajstić information content (AvgIpc) is 2.89. The molecule has 1 fully saturated rings. The molecule has 5 heteroatoms. The highest BCUT2D eigenvalue weighted by atomic mass is 16.5.